The van der Waals surface area contributed by atoms with Gasteiger partial charge in [-0.25, -0.2) is 0 Å². The molecule has 13 rings (SSSR count). The van der Waals surface area contributed by atoms with Crippen molar-refractivity contribution in [2.75, 3.05) is 9.80 Å². The Hall–Kier alpha value is -7.30. The summed E-state index contributed by atoms with van der Waals surface area (Å²) < 4.78 is 2.67. The van der Waals surface area contributed by atoms with E-state index in [-0.39, 0.29) is 28.4 Å². The van der Waals surface area contributed by atoms with E-state index in [1.165, 1.54) is 111 Å². The molecular formula is C68H64BN3. The third-order valence-corrected chi connectivity index (χ3v) is 16.3. The molecule has 10 aromatic rings. The molecule has 0 radical (unpaired) electrons. The van der Waals surface area contributed by atoms with Gasteiger partial charge in [0.1, 0.15) is 0 Å². The topological polar surface area (TPSA) is 11.4 Å². The van der Waals surface area contributed by atoms with Gasteiger partial charge in [0.25, 0.3) is 6.71 Å². The van der Waals surface area contributed by atoms with Gasteiger partial charge in [-0.15, -0.1) is 0 Å². The minimum absolute atomic E-state index is 0.0204. The smallest absolute Gasteiger partial charge is 0.252 e. The van der Waals surface area contributed by atoms with Gasteiger partial charge in [0.05, 0.1) is 16.7 Å². The number of anilines is 6. The van der Waals surface area contributed by atoms with E-state index >= 15 is 0 Å². The van der Waals surface area contributed by atoms with Crippen molar-refractivity contribution in [1.29, 1.82) is 0 Å². The first kappa shape index (κ1) is 44.6. The third kappa shape index (κ3) is 6.56. The Labute approximate surface area is 426 Å². The molecule has 72 heavy (non-hydrogen) atoms. The zero-order valence-electron chi connectivity index (χ0n) is 44.1. The lowest BCUT2D eigenvalue weighted by Gasteiger charge is -2.42. The largest absolute Gasteiger partial charge is 0.311 e. The van der Waals surface area contributed by atoms with Crippen LogP contribution in [0.4, 0.5) is 34.1 Å². The van der Waals surface area contributed by atoms with Crippen LogP contribution in [0, 0.1) is 0 Å². The quantitative estimate of drug-likeness (QED) is 0.163. The zero-order chi connectivity index (χ0) is 50.0. The summed E-state index contributed by atoms with van der Waals surface area (Å²) in [7, 11) is 0. The molecule has 0 saturated heterocycles. The number of aromatic nitrogens is 1. The molecule has 0 N–H and O–H groups in total. The number of hydrogen-bond acceptors (Lipinski definition) is 2. The first-order chi connectivity index (χ1) is 34.3. The predicted octanol–water partition coefficient (Wildman–Crippen LogP) is 16.9. The fourth-order valence-electron chi connectivity index (χ4n) is 12.5. The van der Waals surface area contributed by atoms with Crippen LogP contribution in [0.2, 0.25) is 0 Å². The minimum Gasteiger partial charge on any atom is -0.311 e. The van der Waals surface area contributed by atoms with Crippen LogP contribution in [-0.2, 0) is 21.7 Å². The van der Waals surface area contributed by atoms with Gasteiger partial charge in [0.15, 0.2) is 0 Å². The molecule has 0 atom stereocenters. The van der Waals surface area contributed by atoms with Crippen molar-refractivity contribution >= 4 is 89.8 Å². The van der Waals surface area contributed by atoms with Gasteiger partial charge in [-0.1, -0.05) is 192 Å². The van der Waals surface area contributed by atoms with Crippen molar-refractivity contribution in [3.8, 4) is 27.9 Å². The highest BCUT2D eigenvalue weighted by Gasteiger charge is 2.44. The molecule has 354 valence electrons. The highest BCUT2D eigenvalue weighted by Crippen LogP contribution is 2.52. The van der Waals surface area contributed by atoms with Crippen molar-refractivity contribution in [1.82, 2.24) is 4.57 Å². The van der Waals surface area contributed by atoms with Crippen molar-refractivity contribution in [2.24, 2.45) is 0 Å². The average molecular weight is 934 g/mol. The lowest BCUT2D eigenvalue weighted by molar-refractivity contribution is 0.590. The molecule has 3 aliphatic rings. The Morgan fingerprint density at radius 2 is 0.861 bits per heavy atom. The first-order valence-corrected chi connectivity index (χ1v) is 26.1. The number of fused-ring (bicyclic) bond motifs is 7. The van der Waals surface area contributed by atoms with Crippen LogP contribution in [0.1, 0.15) is 105 Å². The van der Waals surface area contributed by atoms with E-state index in [1.807, 2.05) is 0 Å². The first-order valence-electron chi connectivity index (χ1n) is 26.1. The molecule has 0 saturated carbocycles. The Morgan fingerprint density at radius 3 is 1.42 bits per heavy atom. The van der Waals surface area contributed by atoms with Crippen LogP contribution in [0.3, 0.4) is 0 Å². The van der Waals surface area contributed by atoms with E-state index in [4.69, 9.17) is 0 Å². The summed E-state index contributed by atoms with van der Waals surface area (Å²) in [5, 5.41) is 5.29. The maximum atomic E-state index is 2.67. The van der Waals surface area contributed by atoms with Crippen LogP contribution in [-0.4, -0.2) is 11.3 Å². The van der Waals surface area contributed by atoms with Crippen LogP contribution in [0.5, 0.6) is 0 Å². The van der Waals surface area contributed by atoms with Gasteiger partial charge in [-0.3, -0.25) is 0 Å². The van der Waals surface area contributed by atoms with Gasteiger partial charge in [-0.05, 0) is 154 Å². The van der Waals surface area contributed by atoms with E-state index in [1.54, 1.807) is 0 Å². The Bertz CT molecular complexity index is 3820. The summed E-state index contributed by atoms with van der Waals surface area (Å²) in [5.74, 6) is 0. The molecule has 2 aliphatic heterocycles. The molecule has 0 fully saturated rings. The highest BCUT2D eigenvalue weighted by atomic mass is 15.2. The summed E-state index contributed by atoms with van der Waals surface area (Å²) in [5.41, 5.74) is 25.3. The molecule has 0 bridgehead atoms. The van der Waals surface area contributed by atoms with Crippen LogP contribution >= 0.6 is 0 Å². The molecule has 9 aromatic carbocycles. The molecule has 3 nitrogen and oxygen atoms in total. The number of rotatable bonds is 4. The van der Waals surface area contributed by atoms with Crippen molar-refractivity contribution < 1.29 is 0 Å². The summed E-state index contributed by atoms with van der Waals surface area (Å²) in [6, 6.07) is 66.2. The lowest BCUT2D eigenvalue weighted by Crippen LogP contribution is -2.60. The minimum atomic E-state index is -0.0480. The molecule has 3 heterocycles. The lowest BCUT2D eigenvalue weighted by atomic mass is 9.33. The van der Waals surface area contributed by atoms with Crippen molar-refractivity contribution in [3.05, 3.63) is 192 Å². The summed E-state index contributed by atoms with van der Waals surface area (Å²) >= 11 is 0. The molecule has 0 amide bonds. The molecule has 1 aromatic heterocycles. The van der Waals surface area contributed by atoms with Crippen molar-refractivity contribution in [3.63, 3.8) is 0 Å². The SMILES string of the molecule is CC(C)(C)c1ccc(N(c2ccc(C(C)(C)C)cc2)c2cc3c4c(c2)-n2c5cccc6c5c5c(ccc(c52)B4c2cc(C(C)(C)C)ccc2N3c2ccc(C(C)(C)C)cc2)-c2cccc3cccc-6c23)cc1. The van der Waals surface area contributed by atoms with Gasteiger partial charge < -0.3 is 14.4 Å². The van der Waals surface area contributed by atoms with Gasteiger partial charge in [0, 0.05) is 44.9 Å². The van der Waals surface area contributed by atoms with E-state index in [0.717, 1.165) is 22.7 Å². The molecule has 4 heteroatoms. The fourth-order valence-corrected chi connectivity index (χ4v) is 12.5. The highest BCUT2D eigenvalue weighted by molar-refractivity contribution is 7.00. The van der Waals surface area contributed by atoms with Crippen molar-refractivity contribution in [2.45, 2.75) is 105 Å². The molecule has 0 spiro atoms. The van der Waals surface area contributed by atoms with E-state index in [9.17, 15) is 0 Å². The third-order valence-electron chi connectivity index (χ3n) is 16.3. The molecule has 1 aliphatic carbocycles. The molecule has 0 unspecified atom stereocenters. The normalized spacial score (nSPS) is 13.8. The summed E-state index contributed by atoms with van der Waals surface area (Å²) in [6.07, 6.45) is 0. The van der Waals surface area contributed by atoms with E-state index in [2.05, 4.69) is 267 Å². The second kappa shape index (κ2) is 15.1. The Kier molecular flexibility index (Phi) is 9.37. The van der Waals surface area contributed by atoms with Gasteiger partial charge in [-0.2, -0.15) is 0 Å². The van der Waals surface area contributed by atoms with E-state index in [0.29, 0.717) is 0 Å². The Morgan fingerprint density at radius 1 is 0.375 bits per heavy atom. The number of hydrogen-bond donors (Lipinski definition) is 0. The average Bonchev–Trinajstić information content (AvgIpc) is 3.64. The number of nitrogens with zero attached hydrogens (tertiary/aromatic N) is 3. The monoisotopic (exact) mass is 934 g/mol. The Balaban J connectivity index is 1.18. The van der Waals surface area contributed by atoms with E-state index < -0.39 is 0 Å². The van der Waals surface area contributed by atoms with Crippen LogP contribution in [0.25, 0.3) is 60.5 Å². The van der Waals surface area contributed by atoms with Gasteiger partial charge in [0.2, 0.25) is 0 Å². The van der Waals surface area contributed by atoms with Gasteiger partial charge >= 0.3 is 0 Å². The van der Waals surface area contributed by atoms with Crippen LogP contribution < -0.4 is 26.2 Å². The predicted molar refractivity (Wildman–Crippen MR) is 312 cm³/mol. The second-order valence-corrected chi connectivity index (χ2v) is 25.1. The maximum Gasteiger partial charge on any atom is 0.252 e. The fraction of sp³-hybridized carbons (Fsp3) is 0.235. The zero-order valence-corrected chi connectivity index (χ0v) is 44.1. The molecular weight excluding hydrogens is 870 g/mol. The number of benzene rings is 9. The maximum absolute atomic E-state index is 2.67. The summed E-state index contributed by atoms with van der Waals surface area (Å²) in [4.78, 5) is 5.09. The summed E-state index contributed by atoms with van der Waals surface area (Å²) in [6.45, 7) is 27.8. The standard InChI is InChI=1S/C68H64BN3/c1-65(2,3)42-22-29-46(30-23-42)70(47-31-24-43(25-32-47)66(4,5)6)49-39-58-63-59(40-49)72-57-21-15-20-52-50-18-13-16-41-17-14-19-51(60(41)50)53-35-36-54(64(72)62(53)61(52)57)69(63)55-38-45(68(10,11)12)28-37-56(55)71(58)48-33-26-44(27-34-48)67(7,8)9/h13-40H,1-12H3. The van der Waals surface area contributed by atoms with Crippen LogP contribution in [0.15, 0.2) is 170 Å². The second-order valence-electron chi connectivity index (χ2n) is 25.1.